The maximum atomic E-state index is 13.9. The molecule has 0 unspecified atom stereocenters. The molecule has 1 saturated carbocycles. The van der Waals surface area contributed by atoms with Gasteiger partial charge < -0.3 is 18.3 Å². The Morgan fingerprint density at radius 2 is 1.71 bits per heavy atom. The van der Waals surface area contributed by atoms with Crippen molar-refractivity contribution in [2.24, 2.45) is 28.1 Å². The van der Waals surface area contributed by atoms with Gasteiger partial charge >= 0.3 is 5.97 Å². The summed E-state index contributed by atoms with van der Waals surface area (Å²) in [4.78, 5) is 27.2. The molecule has 3 aliphatic carbocycles. The first-order valence-electron chi connectivity index (χ1n) is 16.7. The van der Waals surface area contributed by atoms with Gasteiger partial charge in [0.25, 0.3) is 0 Å². The van der Waals surface area contributed by atoms with Crippen LogP contribution in [0.1, 0.15) is 79.7 Å². The van der Waals surface area contributed by atoms with Crippen LogP contribution in [-0.4, -0.2) is 38.4 Å². The maximum absolute atomic E-state index is 13.9. The highest BCUT2D eigenvalue weighted by Crippen LogP contribution is 2.72. The molecule has 0 spiro atoms. The van der Waals surface area contributed by atoms with Crippen molar-refractivity contribution >= 4 is 20.1 Å². The number of ether oxygens (including phenoxy) is 2. The maximum Gasteiger partial charge on any atom is 0.316 e. The van der Waals surface area contributed by atoms with E-state index < -0.39 is 30.7 Å². The third-order valence-electron chi connectivity index (χ3n) is 13.1. The lowest BCUT2D eigenvalue weighted by atomic mass is 9.42. The summed E-state index contributed by atoms with van der Waals surface area (Å²) < 4.78 is 25.9. The first-order valence-corrected chi connectivity index (χ1v) is 19.6. The van der Waals surface area contributed by atoms with Gasteiger partial charge in [0.2, 0.25) is 8.32 Å². The van der Waals surface area contributed by atoms with Gasteiger partial charge in [-0.15, -0.1) is 0 Å². The van der Waals surface area contributed by atoms with Crippen LogP contribution in [0.2, 0.25) is 18.1 Å². The van der Waals surface area contributed by atoms with Gasteiger partial charge in [0.15, 0.2) is 5.78 Å². The van der Waals surface area contributed by atoms with Crippen LogP contribution in [0, 0.1) is 28.1 Å². The molecule has 5 aliphatic rings. The molecule has 7 heteroatoms. The Hall–Kier alpha value is -2.90. The molecule has 2 aromatic rings. The number of esters is 1. The molecule has 0 bridgehead atoms. The number of benzene rings is 1. The van der Waals surface area contributed by atoms with E-state index in [9.17, 15) is 9.59 Å². The smallest absolute Gasteiger partial charge is 0.316 e. The van der Waals surface area contributed by atoms with Crippen molar-refractivity contribution in [2.75, 3.05) is 0 Å². The molecule has 0 amide bonds. The first-order chi connectivity index (χ1) is 21.0. The molecule has 6 nitrogen and oxygen atoms in total. The second-order valence-electron chi connectivity index (χ2n) is 16.4. The predicted octanol–water partition coefficient (Wildman–Crippen LogP) is 8.64. The number of furan rings is 1. The van der Waals surface area contributed by atoms with Gasteiger partial charge in [-0.25, -0.2) is 0 Å². The molecule has 240 valence electrons. The summed E-state index contributed by atoms with van der Waals surface area (Å²) in [6.07, 6.45) is 6.02. The van der Waals surface area contributed by atoms with E-state index in [-0.39, 0.29) is 46.8 Å². The molecule has 9 atom stereocenters. The van der Waals surface area contributed by atoms with Crippen LogP contribution < -0.4 is 4.43 Å². The number of ketones is 1. The predicted molar refractivity (Wildman–Crippen MR) is 176 cm³/mol. The normalized spacial score (nSPS) is 38.7. The van der Waals surface area contributed by atoms with Gasteiger partial charge in [-0.1, -0.05) is 59.6 Å². The lowest BCUT2D eigenvalue weighted by molar-refractivity contribution is -0.186. The van der Waals surface area contributed by atoms with Crippen molar-refractivity contribution in [1.82, 2.24) is 0 Å². The van der Waals surface area contributed by atoms with E-state index in [1.807, 2.05) is 6.92 Å². The Bertz CT molecular complexity index is 1640. The topological polar surface area (TPSA) is 75.0 Å². The summed E-state index contributed by atoms with van der Waals surface area (Å²) in [6.45, 7) is 22.0. The Kier molecular flexibility index (Phi) is 6.54. The minimum Gasteiger partial charge on any atom is -0.544 e. The van der Waals surface area contributed by atoms with Gasteiger partial charge in [-0.05, 0) is 86.3 Å². The average molecular weight is 629 g/mol. The average Bonchev–Trinajstić information content (AvgIpc) is 3.69. The number of rotatable bonds is 5. The fourth-order valence-electron chi connectivity index (χ4n) is 10.0. The highest BCUT2D eigenvalue weighted by Gasteiger charge is 2.77. The van der Waals surface area contributed by atoms with Gasteiger partial charge in [0, 0.05) is 33.8 Å². The van der Waals surface area contributed by atoms with Crippen LogP contribution in [0.3, 0.4) is 0 Å². The first kappa shape index (κ1) is 30.7. The molecular formula is C38H48O6Si. The minimum absolute atomic E-state index is 0.00786. The molecular weight excluding hydrogens is 580 g/mol. The zero-order valence-electron chi connectivity index (χ0n) is 28.4. The van der Waals surface area contributed by atoms with Crippen LogP contribution >= 0.6 is 0 Å². The molecule has 7 rings (SSSR count). The highest BCUT2D eigenvalue weighted by atomic mass is 28.4. The van der Waals surface area contributed by atoms with Crippen LogP contribution in [0.4, 0.5) is 0 Å². The fraction of sp³-hybridized carbons (Fsp3) is 0.579. The summed E-state index contributed by atoms with van der Waals surface area (Å²) >= 11 is 0. The van der Waals surface area contributed by atoms with Crippen molar-refractivity contribution in [3.63, 3.8) is 0 Å². The molecule has 3 fully saturated rings. The zero-order chi connectivity index (χ0) is 32.5. The van der Waals surface area contributed by atoms with E-state index >= 15 is 0 Å². The van der Waals surface area contributed by atoms with Crippen LogP contribution in [0.25, 0.3) is 11.3 Å². The van der Waals surface area contributed by atoms with Crippen molar-refractivity contribution in [3.05, 3.63) is 65.5 Å². The summed E-state index contributed by atoms with van der Waals surface area (Å²) in [5.74, 6) is 1.53. The molecule has 3 heterocycles. The van der Waals surface area contributed by atoms with E-state index in [2.05, 4.69) is 91.9 Å². The fourth-order valence-corrected chi connectivity index (χ4v) is 11.1. The van der Waals surface area contributed by atoms with Crippen LogP contribution in [-0.2, 0) is 19.1 Å². The van der Waals surface area contributed by atoms with Crippen molar-refractivity contribution < 1.29 is 27.9 Å². The zero-order valence-corrected chi connectivity index (χ0v) is 29.4. The molecule has 1 aromatic carbocycles. The summed E-state index contributed by atoms with van der Waals surface area (Å²) in [6, 6.07) is 10.4. The van der Waals surface area contributed by atoms with E-state index in [4.69, 9.17) is 18.3 Å². The Morgan fingerprint density at radius 3 is 2.36 bits per heavy atom. The number of carbonyl (C=O) groups is 2. The number of hydrogen-bond acceptors (Lipinski definition) is 6. The molecule has 0 radical (unpaired) electrons. The summed E-state index contributed by atoms with van der Waals surface area (Å²) in [7, 11) is -1.94. The van der Waals surface area contributed by atoms with Crippen LogP contribution in [0.15, 0.2) is 64.3 Å². The second-order valence-corrected chi connectivity index (χ2v) is 21.1. The molecule has 2 saturated heterocycles. The SMILES string of the molecule is CC[C@H]1[C@]2(C)C3=C(C)[C@H](c4ccoc4-c4ccc(O[Si](C)(C)C(C)(C)C)cc4)C[C@H]3O[C@@H]2[C@@H]2OC(=O)[C@]3(C)C=CC(=O)[C@@]1(C)[C@@H]23. The standard InChI is InChI=1S/C38H48O6Si/c1-11-27-37(7)28(39)16-18-36(6)32(37)31(43-34(36)40)33-38(27,8)29-21(2)25(20-26(29)42-33)24-17-19-41-30(24)22-12-14-23(15-13-22)44-45(9,10)35(3,4)5/h12-19,25-27,31-33H,11,20H2,1-10H3/t25-,26-,27-,31-,32+,33-,36-,37+,38-/m1/s1. The largest absolute Gasteiger partial charge is 0.544 e. The minimum atomic E-state index is -1.94. The van der Waals surface area contributed by atoms with E-state index in [0.717, 1.165) is 35.5 Å². The lowest BCUT2D eigenvalue weighted by Gasteiger charge is -2.59. The van der Waals surface area contributed by atoms with Gasteiger partial charge in [-0.2, -0.15) is 0 Å². The molecule has 1 aromatic heterocycles. The van der Waals surface area contributed by atoms with E-state index in [0.29, 0.717) is 0 Å². The molecule has 0 N–H and O–H groups in total. The van der Waals surface area contributed by atoms with Gasteiger partial charge in [-0.3, -0.25) is 9.59 Å². The third kappa shape index (κ3) is 3.89. The summed E-state index contributed by atoms with van der Waals surface area (Å²) in [5, 5.41) is 0.122. The van der Waals surface area contributed by atoms with Crippen molar-refractivity contribution in [3.8, 4) is 17.1 Å². The second kappa shape index (κ2) is 9.57. The Balaban J connectivity index is 1.25. The quantitative estimate of drug-likeness (QED) is 0.187. The lowest BCUT2D eigenvalue weighted by Crippen LogP contribution is -2.65. The number of allylic oxidation sites excluding steroid dienone is 2. The van der Waals surface area contributed by atoms with Crippen molar-refractivity contribution in [1.29, 1.82) is 0 Å². The van der Waals surface area contributed by atoms with Crippen LogP contribution in [0.5, 0.6) is 5.75 Å². The van der Waals surface area contributed by atoms with E-state index in [1.54, 1.807) is 18.4 Å². The Morgan fingerprint density at radius 1 is 1.02 bits per heavy atom. The summed E-state index contributed by atoms with van der Waals surface area (Å²) in [5.41, 5.74) is 2.78. The van der Waals surface area contributed by atoms with E-state index in [1.165, 1.54) is 11.1 Å². The number of fused-ring (bicyclic) bond motifs is 4. The van der Waals surface area contributed by atoms with Gasteiger partial charge in [0.1, 0.15) is 23.7 Å². The van der Waals surface area contributed by atoms with Gasteiger partial charge in [0.05, 0.1) is 17.8 Å². The third-order valence-corrected chi connectivity index (χ3v) is 17.5. The number of hydrogen-bond donors (Lipinski definition) is 0. The Labute approximate surface area is 268 Å². The van der Waals surface area contributed by atoms with Crippen molar-refractivity contribution in [2.45, 2.75) is 111 Å². The molecule has 45 heavy (non-hydrogen) atoms. The molecule has 2 aliphatic heterocycles. The number of carbonyl (C=O) groups excluding carboxylic acids is 2. The monoisotopic (exact) mass is 628 g/mol. The highest BCUT2D eigenvalue weighted by molar-refractivity contribution is 6.74.